The van der Waals surface area contributed by atoms with Gasteiger partial charge >= 0.3 is 5.76 Å². The van der Waals surface area contributed by atoms with Crippen molar-refractivity contribution in [1.82, 2.24) is 9.88 Å². The first-order chi connectivity index (χ1) is 12.2. The Morgan fingerprint density at radius 1 is 1.15 bits per heavy atom. The van der Waals surface area contributed by atoms with E-state index in [9.17, 15) is 18.0 Å². The number of nitrogens with zero attached hydrogens (tertiary/aromatic N) is 1. The number of H-pyrrole nitrogens is 1. The largest absolute Gasteiger partial charge is 0.417 e. The van der Waals surface area contributed by atoms with Crippen LogP contribution in [-0.2, 0) is 10.0 Å². The van der Waals surface area contributed by atoms with E-state index in [4.69, 9.17) is 4.42 Å². The van der Waals surface area contributed by atoms with E-state index in [0.29, 0.717) is 22.3 Å². The summed E-state index contributed by atoms with van der Waals surface area (Å²) in [4.78, 5) is 27.1. The fourth-order valence-electron chi connectivity index (χ4n) is 2.42. The molecule has 136 valence electrons. The Bertz CT molecular complexity index is 1160. The van der Waals surface area contributed by atoms with Crippen LogP contribution in [0.25, 0.3) is 11.1 Å². The number of nitrogens with one attached hydrogen (secondary N) is 2. The number of carbonyl (C=O) groups is 1. The fraction of sp³-hybridized carbons (Fsp3) is 0.176. The number of anilines is 1. The van der Waals surface area contributed by atoms with Gasteiger partial charge in [0.1, 0.15) is 0 Å². The Labute approximate surface area is 149 Å². The van der Waals surface area contributed by atoms with Crippen LogP contribution in [0.4, 0.5) is 5.69 Å². The number of rotatable bonds is 4. The van der Waals surface area contributed by atoms with E-state index in [1.807, 2.05) is 0 Å². The Morgan fingerprint density at radius 3 is 2.58 bits per heavy atom. The van der Waals surface area contributed by atoms with Crippen LogP contribution in [0.3, 0.4) is 0 Å². The highest BCUT2D eigenvalue weighted by atomic mass is 32.2. The molecule has 0 atom stereocenters. The summed E-state index contributed by atoms with van der Waals surface area (Å²) in [6, 6.07) is 8.87. The summed E-state index contributed by atoms with van der Waals surface area (Å²) in [7, 11) is -0.698. The van der Waals surface area contributed by atoms with E-state index < -0.39 is 15.8 Å². The van der Waals surface area contributed by atoms with Gasteiger partial charge in [0.15, 0.2) is 5.58 Å². The quantitative estimate of drug-likeness (QED) is 0.723. The van der Waals surface area contributed by atoms with Crippen molar-refractivity contribution in [2.24, 2.45) is 0 Å². The zero-order chi connectivity index (χ0) is 19.1. The molecule has 0 saturated carbocycles. The molecule has 0 spiro atoms. The maximum absolute atomic E-state index is 12.7. The molecule has 0 unspecified atom stereocenters. The van der Waals surface area contributed by atoms with Gasteiger partial charge in [0.2, 0.25) is 0 Å². The van der Waals surface area contributed by atoms with Crippen LogP contribution in [0.1, 0.15) is 15.9 Å². The first kappa shape index (κ1) is 17.7. The summed E-state index contributed by atoms with van der Waals surface area (Å²) in [6.45, 7) is 1.73. The molecule has 0 bridgehead atoms. The van der Waals surface area contributed by atoms with Gasteiger partial charge in [0.05, 0.1) is 16.1 Å². The molecule has 1 heterocycles. The lowest BCUT2D eigenvalue weighted by Gasteiger charge is -2.14. The number of aryl methyl sites for hydroxylation is 1. The molecule has 1 amide bonds. The molecule has 9 heteroatoms. The van der Waals surface area contributed by atoms with Gasteiger partial charge in [-0.05, 0) is 36.8 Å². The molecule has 2 aromatic carbocycles. The van der Waals surface area contributed by atoms with Gasteiger partial charge in [-0.3, -0.25) is 14.5 Å². The van der Waals surface area contributed by atoms with Gasteiger partial charge in [-0.15, -0.1) is 0 Å². The molecule has 0 aliphatic rings. The summed E-state index contributed by atoms with van der Waals surface area (Å²) in [6.07, 6.45) is 0. The van der Waals surface area contributed by atoms with Crippen LogP contribution in [0, 0.1) is 6.92 Å². The number of fused-ring (bicyclic) bond motifs is 1. The Balaban J connectivity index is 1.99. The molecule has 0 radical (unpaired) electrons. The van der Waals surface area contributed by atoms with Crippen molar-refractivity contribution in [3.63, 3.8) is 0 Å². The summed E-state index contributed by atoms with van der Waals surface area (Å²) < 4.78 is 32.7. The van der Waals surface area contributed by atoms with E-state index in [0.717, 1.165) is 0 Å². The van der Waals surface area contributed by atoms with Crippen molar-refractivity contribution in [2.45, 2.75) is 11.8 Å². The standard InChI is InChI=1S/C17H17N3O5S/c1-10-4-5-11(16(21)20(2)3)8-14(10)19-26(23,24)12-6-7-13-15(9-12)25-17(22)18-13/h4-9,19H,1-3H3,(H,18,22). The minimum atomic E-state index is -3.93. The second-order valence-electron chi connectivity index (χ2n) is 6.01. The zero-order valence-electron chi connectivity index (χ0n) is 14.4. The Kier molecular flexibility index (Phi) is 4.33. The molecule has 0 saturated heterocycles. The van der Waals surface area contributed by atoms with Crippen molar-refractivity contribution in [3.05, 3.63) is 58.1 Å². The minimum Gasteiger partial charge on any atom is -0.408 e. The maximum Gasteiger partial charge on any atom is 0.417 e. The molecule has 0 aliphatic heterocycles. The molecule has 2 N–H and O–H groups in total. The van der Waals surface area contributed by atoms with Crippen molar-refractivity contribution in [3.8, 4) is 0 Å². The van der Waals surface area contributed by atoms with Crippen molar-refractivity contribution < 1.29 is 17.6 Å². The monoisotopic (exact) mass is 375 g/mol. The summed E-state index contributed by atoms with van der Waals surface area (Å²) in [5, 5.41) is 0. The molecule has 1 aromatic heterocycles. The molecular formula is C17H17N3O5S. The van der Waals surface area contributed by atoms with E-state index in [1.54, 1.807) is 33.2 Å². The summed E-state index contributed by atoms with van der Waals surface area (Å²) in [5.41, 5.74) is 1.88. The van der Waals surface area contributed by atoms with Crippen LogP contribution >= 0.6 is 0 Å². The topological polar surface area (TPSA) is 112 Å². The number of aromatic nitrogens is 1. The number of carbonyl (C=O) groups excluding carboxylic acids is 1. The zero-order valence-corrected chi connectivity index (χ0v) is 15.2. The number of sulfonamides is 1. The van der Waals surface area contributed by atoms with Crippen LogP contribution < -0.4 is 10.5 Å². The number of oxazole rings is 1. The fourth-order valence-corrected chi connectivity index (χ4v) is 3.56. The van der Waals surface area contributed by atoms with Gasteiger partial charge in [0, 0.05) is 25.7 Å². The minimum absolute atomic E-state index is 0.0588. The number of amides is 1. The summed E-state index contributed by atoms with van der Waals surface area (Å²) in [5.74, 6) is -0.894. The Hall–Kier alpha value is -3.07. The van der Waals surface area contributed by atoms with Crippen LogP contribution in [0.2, 0.25) is 0 Å². The number of aromatic amines is 1. The normalized spacial score (nSPS) is 11.5. The maximum atomic E-state index is 12.7. The number of benzene rings is 2. The third-order valence-electron chi connectivity index (χ3n) is 3.84. The van der Waals surface area contributed by atoms with E-state index in [1.165, 1.54) is 29.2 Å². The molecule has 3 aromatic rings. The average Bonchev–Trinajstić information content (AvgIpc) is 2.95. The van der Waals surface area contributed by atoms with Gasteiger partial charge in [0.25, 0.3) is 15.9 Å². The molecule has 26 heavy (non-hydrogen) atoms. The van der Waals surface area contributed by atoms with Crippen molar-refractivity contribution in [1.29, 1.82) is 0 Å². The predicted octanol–water partition coefficient (Wildman–Crippen LogP) is 1.93. The second-order valence-corrected chi connectivity index (χ2v) is 7.69. The van der Waals surface area contributed by atoms with Crippen molar-refractivity contribution >= 4 is 32.7 Å². The number of hydrogen-bond donors (Lipinski definition) is 2. The van der Waals surface area contributed by atoms with Crippen molar-refractivity contribution in [2.75, 3.05) is 18.8 Å². The molecule has 3 rings (SSSR count). The van der Waals surface area contributed by atoms with Gasteiger partial charge in [-0.2, -0.15) is 0 Å². The SMILES string of the molecule is Cc1ccc(C(=O)N(C)C)cc1NS(=O)(=O)c1ccc2[nH]c(=O)oc2c1. The van der Waals surface area contributed by atoms with E-state index in [-0.39, 0.29) is 16.4 Å². The highest BCUT2D eigenvalue weighted by Crippen LogP contribution is 2.23. The van der Waals surface area contributed by atoms with Gasteiger partial charge in [-0.25, -0.2) is 13.2 Å². The van der Waals surface area contributed by atoms with Crippen LogP contribution in [0.5, 0.6) is 0 Å². The third-order valence-corrected chi connectivity index (χ3v) is 5.20. The lowest BCUT2D eigenvalue weighted by atomic mass is 10.1. The Morgan fingerprint density at radius 2 is 1.88 bits per heavy atom. The van der Waals surface area contributed by atoms with Gasteiger partial charge in [-0.1, -0.05) is 6.07 Å². The van der Waals surface area contributed by atoms with E-state index >= 15 is 0 Å². The van der Waals surface area contributed by atoms with Crippen LogP contribution in [-0.4, -0.2) is 38.3 Å². The molecule has 8 nitrogen and oxygen atoms in total. The highest BCUT2D eigenvalue weighted by molar-refractivity contribution is 7.92. The number of hydrogen-bond acceptors (Lipinski definition) is 5. The van der Waals surface area contributed by atoms with E-state index in [2.05, 4.69) is 9.71 Å². The highest BCUT2D eigenvalue weighted by Gasteiger charge is 2.18. The lowest BCUT2D eigenvalue weighted by Crippen LogP contribution is -2.22. The smallest absolute Gasteiger partial charge is 0.408 e. The van der Waals surface area contributed by atoms with Crippen LogP contribution in [0.15, 0.2) is 50.5 Å². The predicted molar refractivity (Wildman–Crippen MR) is 96.8 cm³/mol. The molecule has 0 fully saturated rings. The average molecular weight is 375 g/mol. The molecule has 0 aliphatic carbocycles. The van der Waals surface area contributed by atoms with Gasteiger partial charge < -0.3 is 9.32 Å². The third kappa shape index (κ3) is 3.33. The summed E-state index contributed by atoms with van der Waals surface area (Å²) >= 11 is 0. The lowest BCUT2D eigenvalue weighted by molar-refractivity contribution is 0.0827. The first-order valence-electron chi connectivity index (χ1n) is 7.65. The second kappa shape index (κ2) is 6.34. The first-order valence-corrected chi connectivity index (χ1v) is 9.14. The molecular weight excluding hydrogens is 358 g/mol.